The molecule has 4 aromatic rings. The number of carbonyl (C=O) groups is 1. The van der Waals surface area contributed by atoms with Gasteiger partial charge in [-0.05, 0) is 42.8 Å². The van der Waals surface area contributed by atoms with Gasteiger partial charge in [-0.2, -0.15) is 9.67 Å². The molecule has 0 fully saturated rings. The number of para-hydroxylation sites is 1. The summed E-state index contributed by atoms with van der Waals surface area (Å²) in [5.41, 5.74) is 3.16. The third-order valence-electron chi connectivity index (χ3n) is 4.38. The van der Waals surface area contributed by atoms with Gasteiger partial charge in [0.05, 0.1) is 17.9 Å². The molecule has 0 unspecified atom stereocenters. The Morgan fingerprint density at radius 2 is 1.72 bits per heavy atom. The maximum Gasteiger partial charge on any atom is 0.258 e. The zero-order valence-electron chi connectivity index (χ0n) is 15.9. The predicted octanol–water partition coefficient (Wildman–Crippen LogP) is 3.84. The van der Waals surface area contributed by atoms with Gasteiger partial charge in [-0.1, -0.05) is 42.5 Å². The van der Waals surface area contributed by atoms with Crippen molar-refractivity contribution in [2.45, 2.75) is 13.5 Å². The molecule has 7 heteroatoms. The average molecular weight is 384 g/mol. The summed E-state index contributed by atoms with van der Waals surface area (Å²) >= 11 is 0. The number of aromatic nitrogens is 4. The van der Waals surface area contributed by atoms with Crippen LogP contribution in [0.15, 0.2) is 79.0 Å². The molecule has 144 valence electrons. The van der Waals surface area contributed by atoms with Crippen molar-refractivity contribution in [3.05, 3.63) is 95.8 Å². The maximum atomic E-state index is 12.8. The number of anilines is 2. The summed E-state index contributed by atoms with van der Waals surface area (Å²) in [5.74, 6) is 0.511. The van der Waals surface area contributed by atoms with Gasteiger partial charge in [0.25, 0.3) is 5.91 Å². The maximum absolute atomic E-state index is 12.8. The number of hydrogen-bond donors (Lipinski definition) is 2. The van der Waals surface area contributed by atoms with E-state index >= 15 is 0 Å². The van der Waals surface area contributed by atoms with E-state index in [9.17, 15) is 4.79 Å². The van der Waals surface area contributed by atoms with E-state index in [1.807, 2.05) is 73.7 Å². The van der Waals surface area contributed by atoms with E-state index in [1.54, 1.807) is 16.9 Å². The van der Waals surface area contributed by atoms with Crippen LogP contribution in [0, 0.1) is 6.92 Å². The summed E-state index contributed by atoms with van der Waals surface area (Å²) in [7, 11) is 0. The second kappa shape index (κ2) is 8.35. The highest BCUT2D eigenvalue weighted by Gasteiger charge is 2.16. The van der Waals surface area contributed by atoms with Crippen LogP contribution in [0.25, 0.3) is 5.69 Å². The van der Waals surface area contributed by atoms with Gasteiger partial charge in [0.2, 0.25) is 11.9 Å². The second-order valence-electron chi connectivity index (χ2n) is 6.45. The number of nitrogens with zero attached hydrogens (tertiary/aromatic N) is 4. The SMILES string of the molecule is Cc1ccccc1C(=O)Nc1nc(NCc2ccccn2)nn1-c1ccccc1. The van der Waals surface area contributed by atoms with Crippen LogP contribution >= 0.6 is 0 Å². The normalized spacial score (nSPS) is 10.5. The monoisotopic (exact) mass is 384 g/mol. The molecule has 2 N–H and O–H groups in total. The molecular formula is C22H20N6O. The smallest absolute Gasteiger partial charge is 0.258 e. The lowest BCUT2D eigenvalue weighted by atomic mass is 10.1. The fourth-order valence-electron chi connectivity index (χ4n) is 2.89. The van der Waals surface area contributed by atoms with E-state index in [0.29, 0.717) is 24.0 Å². The van der Waals surface area contributed by atoms with E-state index in [1.165, 1.54) is 0 Å². The highest BCUT2D eigenvalue weighted by molar-refractivity contribution is 6.04. The Morgan fingerprint density at radius 1 is 0.966 bits per heavy atom. The minimum Gasteiger partial charge on any atom is -0.347 e. The van der Waals surface area contributed by atoms with Crippen molar-refractivity contribution in [2.75, 3.05) is 10.6 Å². The molecule has 2 aromatic heterocycles. The number of rotatable bonds is 6. The van der Waals surface area contributed by atoms with Gasteiger partial charge < -0.3 is 5.32 Å². The predicted molar refractivity (Wildman–Crippen MR) is 112 cm³/mol. The van der Waals surface area contributed by atoms with Crippen molar-refractivity contribution in [2.24, 2.45) is 0 Å². The quantitative estimate of drug-likeness (QED) is 0.528. The summed E-state index contributed by atoms with van der Waals surface area (Å²) in [4.78, 5) is 21.5. The Kier molecular flexibility index (Phi) is 5.29. The summed E-state index contributed by atoms with van der Waals surface area (Å²) in [5, 5.41) is 10.6. The molecule has 0 aliphatic heterocycles. The first-order valence-electron chi connectivity index (χ1n) is 9.24. The van der Waals surface area contributed by atoms with Crippen LogP contribution in [-0.2, 0) is 6.54 Å². The van der Waals surface area contributed by atoms with Gasteiger partial charge >= 0.3 is 0 Å². The zero-order valence-corrected chi connectivity index (χ0v) is 15.9. The van der Waals surface area contributed by atoms with Crippen molar-refractivity contribution in [1.29, 1.82) is 0 Å². The van der Waals surface area contributed by atoms with Crippen molar-refractivity contribution >= 4 is 17.8 Å². The van der Waals surface area contributed by atoms with E-state index in [-0.39, 0.29) is 5.91 Å². The number of carbonyl (C=O) groups excluding carboxylic acids is 1. The van der Waals surface area contributed by atoms with Crippen molar-refractivity contribution in [3.63, 3.8) is 0 Å². The van der Waals surface area contributed by atoms with Crippen LogP contribution in [-0.4, -0.2) is 25.7 Å². The summed E-state index contributed by atoms with van der Waals surface area (Å²) in [6.07, 6.45) is 1.74. The summed E-state index contributed by atoms with van der Waals surface area (Å²) in [6.45, 7) is 2.38. The Balaban J connectivity index is 1.61. The largest absolute Gasteiger partial charge is 0.347 e. The standard InChI is InChI=1S/C22H20N6O/c1-16-9-5-6-13-19(16)20(29)25-22-26-21(24-15-17-10-7-8-14-23-17)27-28(22)18-11-3-2-4-12-18/h2-14H,15H2,1H3,(H2,24,25,26,27,29). The lowest BCUT2D eigenvalue weighted by Crippen LogP contribution is -2.16. The Labute approximate surface area is 168 Å². The Morgan fingerprint density at radius 3 is 2.48 bits per heavy atom. The molecule has 1 amide bonds. The average Bonchev–Trinajstić information content (AvgIpc) is 3.16. The number of nitrogens with one attached hydrogen (secondary N) is 2. The number of hydrogen-bond acceptors (Lipinski definition) is 5. The lowest BCUT2D eigenvalue weighted by Gasteiger charge is -2.08. The van der Waals surface area contributed by atoms with Crippen molar-refractivity contribution < 1.29 is 4.79 Å². The highest BCUT2D eigenvalue weighted by Crippen LogP contribution is 2.18. The van der Waals surface area contributed by atoms with Gasteiger partial charge in [0, 0.05) is 11.8 Å². The number of aryl methyl sites for hydroxylation is 1. The van der Waals surface area contributed by atoms with Crippen molar-refractivity contribution in [1.82, 2.24) is 19.7 Å². The molecule has 0 atom stereocenters. The van der Waals surface area contributed by atoms with Gasteiger partial charge in [-0.25, -0.2) is 0 Å². The number of pyridine rings is 1. The van der Waals surface area contributed by atoms with E-state index in [0.717, 1.165) is 16.9 Å². The molecular weight excluding hydrogens is 364 g/mol. The lowest BCUT2D eigenvalue weighted by molar-refractivity contribution is 0.102. The van der Waals surface area contributed by atoms with Gasteiger partial charge in [-0.3, -0.25) is 15.1 Å². The first-order valence-corrected chi connectivity index (χ1v) is 9.24. The van der Waals surface area contributed by atoms with E-state index in [4.69, 9.17) is 0 Å². The Bertz CT molecular complexity index is 1110. The highest BCUT2D eigenvalue weighted by atomic mass is 16.1. The van der Waals surface area contributed by atoms with Crippen molar-refractivity contribution in [3.8, 4) is 5.69 Å². The fourth-order valence-corrected chi connectivity index (χ4v) is 2.89. The molecule has 0 aliphatic carbocycles. The zero-order chi connectivity index (χ0) is 20.1. The third kappa shape index (κ3) is 4.30. The summed E-state index contributed by atoms with van der Waals surface area (Å²) in [6, 6.07) is 22.7. The molecule has 7 nitrogen and oxygen atoms in total. The number of amides is 1. The van der Waals surface area contributed by atoms with Gasteiger partial charge in [0.1, 0.15) is 0 Å². The molecule has 0 saturated carbocycles. The van der Waals surface area contributed by atoms with E-state index < -0.39 is 0 Å². The minimum absolute atomic E-state index is 0.232. The van der Waals surface area contributed by atoms with Crippen LogP contribution in [0.1, 0.15) is 21.6 Å². The molecule has 0 saturated heterocycles. The van der Waals surface area contributed by atoms with Crippen LogP contribution in [0.5, 0.6) is 0 Å². The molecule has 0 aliphatic rings. The molecule has 0 spiro atoms. The summed E-state index contributed by atoms with van der Waals surface area (Å²) < 4.78 is 1.61. The van der Waals surface area contributed by atoms with Crippen LogP contribution < -0.4 is 10.6 Å². The van der Waals surface area contributed by atoms with Gasteiger partial charge in [0.15, 0.2) is 0 Å². The third-order valence-corrected chi connectivity index (χ3v) is 4.38. The van der Waals surface area contributed by atoms with Crippen LogP contribution in [0.4, 0.5) is 11.9 Å². The molecule has 0 bridgehead atoms. The van der Waals surface area contributed by atoms with Gasteiger partial charge in [-0.15, -0.1) is 5.10 Å². The molecule has 29 heavy (non-hydrogen) atoms. The second-order valence-corrected chi connectivity index (χ2v) is 6.45. The molecule has 4 rings (SSSR count). The first-order chi connectivity index (χ1) is 14.2. The fraction of sp³-hybridized carbons (Fsp3) is 0.0909. The van der Waals surface area contributed by atoms with Crippen LogP contribution in [0.3, 0.4) is 0 Å². The first kappa shape index (κ1) is 18.4. The minimum atomic E-state index is -0.232. The molecule has 2 aromatic carbocycles. The molecule has 0 radical (unpaired) electrons. The Hall–Kier alpha value is -4.00. The molecule has 2 heterocycles. The van der Waals surface area contributed by atoms with Crippen LogP contribution in [0.2, 0.25) is 0 Å². The van der Waals surface area contributed by atoms with E-state index in [2.05, 4.69) is 25.7 Å². The number of benzene rings is 2. The topological polar surface area (TPSA) is 84.7 Å².